The van der Waals surface area contributed by atoms with Crippen molar-refractivity contribution in [3.63, 3.8) is 0 Å². The van der Waals surface area contributed by atoms with Crippen LogP contribution in [0.4, 0.5) is 4.79 Å². The molecule has 0 atom stereocenters. The van der Waals surface area contributed by atoms with Gasteiger partial charge in [-0.2, -0.15) is 0 Å². The van der Waals surface area contributed by atoms with E-state index in [1.54, 1.807) is 12.3 Å². The molecular formula is C28H32N4O5. The second kappa shape index (κ2) is 13.4. The number of para-hydroxylation sites is 1. The number of carboxylic acids is 1. The Balaban J connectivity index is 1.31. The molecule has 1 fully saturated rings. The number of carbonyl (C=O) groups excluding carboxylic acids is 1. The van der Waals surface area contributed by atoms with E-state index in [0.29, 0.717) is 30.2 Å². The first-order valence-electron chi connectivity index (χ1n) is 12.5. The summed E-state index contributed by atoms with van der Waals surface area (Å²) in [5.74, 6) is 0.333. The maximum atomic E-state index is 12.1. The number of amides is 1. The molecule has 1 aliphatic heterocycles. The third-order valence-electron chi connectivity index (χ3n) is 6.12. The lowest BCUT2D eigenvalue weighted by Crippen LogP contribution is -2.33. The third-order valence-corrected chi connectivity index (χ3v) is 6.12. The van der Waals surface area contributed by atoms with Crippen molar-refractivity contribution in [2.45, 2.75) is 38.9 Å². The summed E-state index contributed by atoms with van der Waals surface area (Å²) < 4.78 is 11.3. The summed E-state index contributed by atoms with van der Waals surface area (Å²) in [7, 11) is 0. The highest BCUT2D eigenvalue weighted by Gasteiger charge is 2.12. The number of hydrogen-bond donors (Lipinski definition) is 2. The lowest BCUT2D eigenvalue weighted by Gasteiger charge is -2.14. The smallest absolute Gasteiger partial charge is 0.407 e. The highest BCUT2D eigenvalue weighted by molar-refractivity contribution is 5.67. The van der Waals surface area contributed by atoms with E-state index in [2.05, 4.69) is 20.2 Å². The van der Waals surface area contributed by atoms with Gasteiger partial charge in [-0.05, 0) is 61.7 Å². The predicted molar refractivity (Wildman–Crippen MR) is 138 cm³/mol. The maximum Gasteiger partial charge on any atom is 0.407 e. The molecule has 0 radical (unpaired) electrons. The fourth-order valence-electron chi connectivity index (χ4n) is 4.18. The average molecular weight is 505 g/mol. The number of carboxylic acid groups (broad SMARTS) is 1. The topological polar surface area (TPSA) is 114 Å². The molecule has 3 aromatic rings. The first kappa shape index (κ1) is 26.1. The zero-order valence-corrected chi connectivity index (χ0v) is 20.8. The number of nitrogens with zero attached hydrogens (tertiary/aromatic N) is 3. The summed E-state index contributed by atoms with van der Waals surface area (Å²) in [6.07, 6.45) is 4.13. The molecule has 9 nitrogen and oxygen atoms in total. The van der Waals surface area contributed by atoms with Crippen molar-refractivity contribution in [3.8, 4) is 17.1 Å². The van der Waals surface area contributed by atoms with Gasteiger partial charge in [0.2, 0.25) is 0 Å². The van der Waals surface area contributed by atoms with E-state index in [-0.39, 0.29) is 19.6 Å². The Morgan fingerprint density at radius 3 is 2.70 bits per heavy atom. The Hall–Kier alpha value is -3.98. The molecule has 37 heavy (non-hydrogen) atoms. The highest BCUT2D eigenvalue weighted by atomic mass is 16.5. The largest absolute Gasteiger partial charge is 0.487 e. The number of nitrogens with one attached hydrogen (secondary N) is 1. The minimum absolute atomic E-state index is 0.0400. The summed E-state index contributed by atoms with van der Waals surface area (Å²) >= 11 is 0. The summed E-state index contributed by atoms with van der Waals surface area (Å²) in [5, 5.41) is 11.8. The Labute approximate surface area is 216 Å². The molecule has 1 amide bonds. The van der Waals surface area contributed by atoms with Crippen LogP contribution < -0.4 is 10.1 Å². The molecule has 0 spiro atoms. The van der Waals surface area contributed by atoms with Crippen LogP contribution in [0.25, 0.3) is 11.4 Å². The number of likely N-dealkylation sites (tertiary alicyclic amines) is 1. The van der Waals surface area contributed by atoms with Gasteiger partial charge in [-0.3, -0.25) is 4.79 Å². The van der Waals surface area contributed by atoms with E-state index in [4.69, 9.17) is 14.6 Å². The van der Waals surface area contributed by atoms with Crippen LogP contribution in [-0.4, -0.2) is 58.2 Å². The minimum atomic E-state index is -0.846. The molecule has 194 valence electrons. The van der Waals surface area contributed by atoms with Crippen molar-refractivity contribution in [1.29, 1.82) is 0 Å². The lowest BCUT2D eigenvalue weighted by atomic mass is 10.1. The highest BCUT2D eigenvalue weighted by Crippen LogP contribution is 2.22. The van der Waals surface area contributed by atoms with E-state index in [0.717, 1.165) is 36.3 Å². The SMILES string of the molecule is O=C(O)CCc1ccccc1OCc1ccnc(-c2cccc(COC(=O)NCCN3CCCC3)c2)n1. The van der Waals surface area contributed by atoms with Crippen LogP contribution in [0.15, 0.2) is 60.8 Å². The number of alkyl carbamates (subject to hydrolysis) is 1. The van der Waals surface area contributed by atoms with E-state index in [1.165, 1.54) is 12.8 Å². The van der Waals surface area contributed by atoms with Gasteiger partial charge in [0.05, 0.1) is 5.69 Å². The summed E-state index contributed by atoms with van der Waals surface area (Å²) in [6, 6.07) is 16.8. The fraction of sp³-hybridized carbons (Fsp3) is 0.357. The summed E-state index contributed by atoms with van der Waals surface area (Å²) in [4.78, 5) is 34.3. The Kier molecular flexibility index (Phi) is 9.42. The molecule has 1 aromatic heterocycles. The molecule has 0 aliphatic carbocycles. The zero-order chi connectivity index (χ0) is 25.9. The van der Waals surface area contributed by atoms with Gasteiger partial charge >= 0.3 is 12.1 Å². The molecule has 0 saturated carbocycles. The molecule has 0 unspecified atom stereocenters. The number of aliphatic carboxylic acids is 1. The first-order chi connectivity index (χ1) is 18.1. The van der Waals surface area contributed by atoms with Crippen LogP contribution in [0.5, 0.6) is 5.75 Å². The van der Waals surface area contributed by atoms with E-state index in [9.17, 15) is 9.59 Å². The lowest BCUT2D eigenvalue weighted by molar-refractivity contribution is -0.136. The van der Waals surface area contributed by atoms with Crippen molar-refractivity contribution >= 4 is 12.1 Å². The monoisotopic (exact) mass is 504 g/mol. The molecule has 2 heterocycles. The quantitative estimate of drug-likeness (QED) is 0.380. The number of rotatable bonds is 12. The first-order valence-corrected chi connectivity index (χ1v) is 12.5. The number of aryl methyl sites for hydroxylation is 1. The van der Waals surface area contributed by atoms with E-state index < -0.39 is 12.1 Å². The van der Waals surface area contributed by atoms with E-state index >= 15 is 0 Å². The van der Waals surface area contributed by atoms with Crippen molar-refractivity contribution in [3.05, 3.63) is 77.6 Å². The van der Waals surface area contributed by atoms with Crippen LogP contribution in [0, 0.1) is 0 Å². The zero-order valence-electron chi connectivity index (χ0n) is 20.8. The number of ether oxygens (including phenoxy) is 2. The molecule has 1 saturated heterocycles. The standard InChI is InChI=1S/C28H32N4O5/c33-26(34)11-10-22-7-1-2-9-25(22)36-20-24-12-13-29-27(31-24)23-8-5-6-21(18-23)19-37-28(35)30-14-17-32-15-3-4-16-32/h1-2,5-9,12-13,18H,3-4,10-11,14-17,19-20H2,(H,30,35)(H,33,34). The molecule has 2 aromatic carbocycles. The minimum Gasteiger partial charge on any atom is -0.487 e. The van der Waals surface area contributed by atoms with Crippen molar-refractivity contribution in [2.75, 3.05) is 26.2 Å². The second-order valence-corrected chi connectivity index (χ2v) is 8.91. The van der Waals surface area contributed by atoms with Gasteiger partial charge in [0.15, 0.2) is 5.82 Å². The number of hydrogen-bond acceptors (Lipinski definition) is 7. The van der Waals surface area contributed by atoms with Gasteiger partial charge < -0.3 is 24.8 Å². The normalized spacial score (nSPS) is 13.3. The Bertz CT molecular complexity index is 1200. The fourth-order valence-corrected chi connectivity index (χ4v) is 4.18. The number of benzene rings is 2. The van der Waals surface area contributed by atoms with Crippen LogP contribution >= 0.6 is 0 Å². The molecule has 4 rings (SSSR count). The second-order valence-electron chi connectivity index (χ2n) is 8.91. The van der Waals surface area contributed by atoms with Crippen LogP contribution in [0.1, 0.15) is 36.1 Å². The van der Waals surface area contributed by atoms with Crippen LogP contribution in [0.3, 0.4) is 0 Å². The predicted octanol–water partition coefficient (Wildman–Crippen LogP) is 4.06. The van der Waals surface area contributed by atoms with Crippen LogP contribution in [-0.2, 0) is 29.2 Å². The van der Waals surface area contributed by atoms with Gasteiger partial charge in [-0.15, -0.1) is 0 Å². The van der Waals surface area contributed by atoms with Crippen molar-refractivity contribution in [2.24, 2.45) is 0 Å². The van der Waals surface area contributed by atoms with Gasteiger partial charge in [0.1, 0.15) is 19.0 Å². The average Bonchev–Trinajstić information content (AvgIpc) is 3.44. The van der Waals surface area contributed by atoms with Crippen molar-refractivity contribution in [1.82, 2.24) is 20.2 Å². The van der Waals surface area contributed by atoms with Gasteiger partial charge in [-0.25, -0.2) is 14.8 Å². The molecular weight excluding hydrogens is 472 g/mol. The Morgan fingerprint density at radius 1 is 1.03 bits per heavy atom. The van der Waals surface area contributed by atoms with Crippen LogP contribution in [0.2, 0.25) is 0 Å². The molecule has 1 aliphatic rings. The maximum absolute atomic E-state index is 12.1. The molecule has 0 bridgehead atoms. The third kappa shape index (κ3) is 8.28. The van der Waals surface area contributed by atoms with Gasteiger partial charge in [-0.1, -0.05) is 36.4 Å². The number of carbonyl (C=O) groups is 2. The number of aromatic nitrogens is 2. The van der Waals surface area contributed by atoms with Gasteiger partial charge in [0.25, 0.3) is 0 Å². The Morgan fingerprint density at radius 2 is 1.86 bits per heavy atom. The van der Waals surface area contributed by atoms with E-state index in [1.807, 2.05) is 48.5 Å². The summed E-state index contributed by atoms with van der Waals surface area (Å²) in [5.41, 5.74) is 3.17. The molecule has 2 N–H and O–H groups in total. The van der Waals surface area contributed by atoms with Gasteiger partial charge in [0, 0.05) is 31.3 Å². The summed E-state index contributed by atoms with van der Waals surface area (Å²) in [6.45, 7) is 3.98. The van der Waals surface area contributed by atoms with Crippen molar-refractivity contribution < 1.29 is 24.2 Å². The molecule has 9 heteroatoms.